The van der Waals surface area contributed by atoms with E-state index in [0.717, 1.165) is 22.6 Å². The van der Waals surface area contributed by atoms with Crippen LogP contribution in [-0.4, -0.2) is 38.3 Å². The highest BCUT2D eigenvalue weighted by atomic mass is 32.2. The second-order valence-corrected chi connectivity index (χ2v) is 5.76. The Balaban J connectivity index is 2.19. The van der Waals surface area contributed by atoms with Crippen LogP contribution in [0.4, 0.5) is 0 Å². The van der Waals surface area contributed by atoms with Crippen LogP contribution < -0.4 is 5.32 Å². The molecule has 0 aliphatic carbocycles. The van der Waals surface area contributed by atoms with Gasteiger partial charge < -0.3 is 10.3 Å². The van der Waals surface area contributed by atoms with Gasteiger partial charge in [-0.1, -0.05) is 32.0 Å². The molecule has 2 N–H and O–H groups in total. The van der Waals surface area contributed by atoms with Gasteiger partial charge in [-0.25, -0.2) is 15.0 Å². The molecule has 0 saturated heterocycles. The summed E-state index contributed by atoms with van der Waals surface area (Å²) in [7, 11) is 2.04. The van der Waals surface area contributed by atoms with E-state index in [2.05, 4.69) is 39.1 Å². The van der Waals surface area contributed by atoms with Crippen molar-refractivity contribution >= 4 is 22.9 Å². The lowest BCUT2D eigenvalue weighted by molar-refractivity contribution is 0.490. The molecule has 0 radical (unpaired) electrons. The Morgan fingerprint density at radius 2 is 2.16 bits per heavy atom. The standard InChI is InChI=1S/C13H21N5S/c1-4-6-9(14-3)10(5-2)19-13-11-12(16-7-15-11)17-8-18-13/h7-10,14H,4-6H2,1-3H3,(H,15,16,17,18). The molecule has 2 rings (SSSR count). The van der Waals surface area contributed by atoms with E-state index in [9.17, 15) is 0 Å². The zero-order chi connectivity index (χ0) is 13.7. The molecule has 19 heavy (non-hydrogen) atoms. The first-order valence-electron chi connectivity index (χ1n) is 6.78. The van der Waals surface area contributed by atoms with Crippen molar-refractivity contribution < 1.29 is 0 Å². The van der Waals surface area contributed by atoms with Crippen LogP contribution in [0.25, 0.3) is 11.2 Å². The summed E-state index contributed by atoms with van der Waals surface area (Å²) in [6.07, 6.45) is 6.74. The molecule has 0 aliphatic rings. The van der Waals surface area contributed by atoms with E-state index in [-0.39, 0.29) is 0 Å². The van der Waals surface area contributed by atoms with Gasteiger partial charge in [-0.15, -0.1) is 0 Å². The zero-order valence-electron chi connectivity index (χ0n) is 11.7. The van der Waals surface area contributed by atoms with Crippen LogP contribution in [0.2, 0.25) is 0 Å². The third-order valence-electron chi connectivity index (χ3n) is 3.27. The molecule has 104 valence electrons. The molecule has 0 saturated carbocycles. The molecule has 2 atom stereocenters. The number of fused-ring (bicyclic) bond motifs is 1. The minimum atomic E-state index is 0.506. The average Bonchev–Trinajstić information content (AvgIpc) is 2.91. The van der Waals surface area contributed by atoms with Crippen LogP contribution in [-0.2, 0) is 0 Å². The lowest BCUT2D eigenvalue weighted by atomic mass is 10.1. The Morgan fingerprint density at radius 3 is 2.84 bits per heavy atom. The number of aromatic amines is 1. The fourth-order valence-corrected chi connectivity index (χ4v) is 3.52. The molecule has 6 heteroatoms. The smallest absolute Gasteiger partial charge is 0.181 e. The van der Waals surface area contributed by atoms with E-state index in [4.69, 9.17) is 0 Å². The van der Waals surface area contributed by atoms with E-state index in [1.807, 2.05) is 18.8 Å². The monoisotopic (exact) mass is 279 g/mol. The molecule has 0 aromatic carbocycles. The summed E-state index contributed by atoms with van der Waals surface area (Å²) in [5, 5.41) is 4.92. The van der Waals surface area contributed by atoms with Crippen molar-refractivity contribution in [2.24, 2.45) is 0 Å². The summed E-state index contributed by atoms with van der Waals surface area (Å²) in [4.78, 5) is 15.9. The first-order chi connectivity index (χ1) is 9.30. The summed E-state index contributed by atoms with van der Waals surface area (Å²) in [6.45, 7) is 4.45. The van der Waals surface area contributed by atoms with E-state index >= 15 is 0 Å². The highest BCUT2D eigenvalue weighted by Gasteiger charge is 2.21. The van der Waals surface area contributed by atoms with Crippen LogP contribution >= 0.6 is 11.8 Å². The maximum Gasteiger partial charge on any atom is 0.181 e. The molecule has 2 aromatic rings. The number of aromatic nitrogens is 4. The fourth-order valence-electron chi connectivity index (χ4n) is 2.25. The van der Waals surface area contributed by atoms with Crippen molar-refractivity contribution in [3.63, 3.8) is 0 Å². The lowest BCUT2D eigenvalue weighted by Gasteiger charge is -2.24. The van der Waals surface area contributed by atoms with Gasteiger partial charge in [0.15, 0.2) is 5.65 Å². The predicted octanol–water partition coefficient (Wildman–Crippen LogP) is 2.61. The quantitative estimate of drug-likeness (QED) is 0.602. The summed E-state index contributed by atoms with van der Waals surface area (Å²) in [6, 6.07) is 0.507. The second kappa shape index (κ2) is 6.86. The third kappa shape index (κ3) is 3.25. The number of hydrogen-bond acceptors (Lipinski definition) is 5. The largest absolute Gasteiger partial charge is 0.341 e. The fraction of sp³-hybridized carbons (Fsp3) is 0.615. The molecular weight excluding hydrogens is 258 g/mol. The van der Waals surface area contributed by atoms with Gasteiger partial charge >= 0.3 is 0 Å². The van der Waals surface area contributed by atoms with Gasteiger partial charge in [-0.05, 0) is 19.9 Å². The van der Waals surface area contributed by atoms with Crippen molar-refractivity contribution in [1.82, 2.24) is 25.3 Å². The summed E-state index contributed by atoms with van der Waals surface area (Å²) in [5.41, 5.74) is 1.68. The molecule has 0 bridgehead atoms. The van der Waals surface area contributed by atoms with E-state index in [1.165, 1.54) is 12.8 Å². The van der Waals surface area contributed by atoms with Crippen molar-refractivity contribution in [2.45, 2.75) is 49.4 Å². The first kappa shape index (κ1) is 14.3. The van der Waals surface area contributed by atoms with Gasteiger partial charge in [-0.2, -0.15) is 0 Å². The maximum absolute atomic E-state index is 4.40. The van der Waals surface area contributed by atoms with Gasteiger partial charge in [0.1, 0.15) is 16.9 Å². The number of rotatable bonds is 7. The van der Waals surface area contributed by atoms with Gasteiger partial charge in [0.2, 0.25) is 0 Å². The normalized spacial score (nSPS) is 14.7. The molecule has 0 aliphatic heterocycles. The summed E-state index contributed by atoms with van der Waals surface area (Å²) < 4.78 is 0. The van der Waals surface area contributed by atoms with E-state index in [1.54, 1.807) is 12.7 Å². The highest BCUT2D eigenvalue weighted by Crippen LogP contribution is 2.30. The Labute approximate surface area is 118 Å². The first-order valence-corrected chi connectivity index (χ1v) is 7.66. The van der Waals surface area contributed by atoms with Gasteiger partial charge in [0.25, 0.3) is 0 Å². The Kier molecular flexibility index (Phi) is 5.15. The molecular formula is C13H21N5S. The number of thioether (sulfide) groups is 1. The van der Waals surface area contributed by atoms with Crippen molar-refractivity contribution in [3.05, 3.63) is 12.7 Å². The molecule has 5 nitrogen and oxygen atoms in total. The minimum Gasteiger partial charge on any atom is -0.341 e. The Morgan fingerprint density at radius 1 is 1.32 bits per heavy atom. The minimum absolute atomic E-state index is 0.506. The zero-order valence-corrected chi connectivity index (χ0v) is 12.5. The molecule has 0 amide bonds. The number of H-pyrrole nitrogens is 1. The molecule has 2 aromatic heterocycles. The topological polar surface area (TPSA) is 66.5 Å². The second-order valence-electron chi connectivity index (χ2n) is 4.53. The van der Waals surface area contributed by atoms with E-state index in [0.29, 0.717) is 11.3 Å². The Hall–Kier alpha value is -1.14. The number of nitrogens with zero attached hydrogens (tertiary/aromatic N) is 3. The molecule has 2 unspecified atom stereocenters. The van der Waals surface area contributed by atoms with Crippen LogP contribution in [0.1, 0.15) is 33.1 Å². The number of imidazole rings is 1. The predicted molar refractivity (Wildman–Crippen MR) is 79.4 cm³/mol. The van der Waals surface area contributed by atoms with Crippen LogP contribution in [0.3, 0.4) is 0 Å². The maximum atomic E-state index is 4.40. The molecule has 2 heterocycles. The van der Waals surface area contributed by atoms with E-state index < -0.39 is 0 Å². The summed E-state index contributed by atoms with van der Waals surface area (Å²) >= 11 is 1.81. The molecule has 0 fully saturated rings. The van der Waals surface area contributed by atoms with Crippen molar-refractivity contribution in [3.8, 4) is 0 Å². The van der Waals surface area contributed by atoms with Crippen LogP contribution in [0.5, 0.6) is 0 Å². The van der Waals surface area contributed by atoms with Crippen LogP contribution in [0, 0.1) is 0 Å². The highest BCUT2D eigenvalue weighted by molar-refractivity contribution is 8.00. The number of nitrogens with one attached hydrogen (secondary N) is 2. The molecule has 0 spiro atoms. The van der Waals surface area contributed by atoms with Gasteiger partial charge in [0, 0.05) is 11.3 Å². The lowest BCUT2D eigenvalue weighted by Crippen LogP contribution is -2.35. The third-order valence-corrected chi connectivity index (χ3v) is 4.77. The van der Waals surface area contributed by atoms with Gasteiger partial charge in [-0.3, -0.25) is 0 Å². The van der Waals surface area contributed by atoms with Gasteiger partial charge in [0.05, 0.1) is 6.33 Å². The van der Waals surface area contributed by atoms with Crippen molar-refractivity contribution in [1.29, 1.82) is 0 Å². The average molecular weight is 279 g/mol. The number of hydrogen-bond donors (Lipinski definition) is 2. The Bertz CT molecular complexity index is 512. The van der Waals surface area contributed by atoms with Crippen LogP contribution in [0.15, 0.2) is 17.7 Å². The van der Waals surface area contributed by atoms with Crippen molar-refractivity contribution in [2.75, 3.05) is 7.05 Å². The summed E-state index contributed by atoms with van der Waals surface area (Å²) in [5.74, 6) is 0. The SMILES string of the molecule is CCCC(NC)C(CC)Sc1ncnc2nc[nH]c12.